The summed E-state index contributed by atoms with van der Waals surface area (Å²) >= 11 is 0. The van der Waals surface area contributed by atoms with E-state index in [2.05, 4.69) is 13.5 Å². The molecule has 1 heterocycles. The Bertz CT molecular complexity index is 82.1. The maximum Gasteiger partial charge on any atom is 0.166 e. The van der Waals surface area contributed by atoms with Crippen LogP contribution in [0.4, 0.5) is 0 Å². The number of nitrogens with zero attached hydrogens (tertiary/aromatic N) is 3. The van der Waals surface area contributed by atoms with Crippen LogP contribution in [0.2, 0.25) is 0 Å². The molecule has 7 heavy (non-hydrogen) atoms. The van der Waals surface area contributed by atoms with Gasteiger partial charge in [-0.15, -0.1) is 0 Å². The van der Waals surface area contributed by atoms with Crippen LogP contribution >= 0.6 is 25.5 Å². The summed E-state index contributed by atoms with van der Waals surface area (Å²) in [5.74, 6) is 0. The Kier molecular flexibility index (Phi) is 7.20. The molecule has 34 valence electrons. The maximum atomic E-state index is 3.78. The van der Waals surface area contributed by atoms with Crippen molar-refractivity contribution in [3.8, 4) is 0 Å². The molecule has 0 aromatic carbocycles. The fraction of sp³-hybridized carbons (Fsp3) is 0. The first kappa shape index (κ1) is 8.68. The van der Waals surface area contributed by atoms with Gasteiger partial charge in [-0.1, -0.05) is 0 Å². The second kappa shape index (κ2) is 5.81. The first-order valence-corrected chi connectivity index (χ1v) is 3.60. The average molecular weight is 275 g/mol. The van der Waals surface area contributed by atoms with Crippen molar-refractivity contribution in [2.75, 3.05) is 0 Å². The van der Waals surface area contributed by atoms with Crippen LogP contribution in [0.15, 0.2) is 0 Å². The number of hydrogen-bond acceptors (Lipinski definition) is 3. The van der Waals surface area contributed by atoms with E-state index >= 15 is 0 Å². The molecule has 0 atom stereocenters. The van der Waals surface area contributed by atoms with Crippen molar-refractivity contribution < 1.29 is 41.7 Å². The van der Waals surface area contributed by atoms with Crippen LogP contribution in [0.3, 0.4) is 0 Å². The topological polar surface area (TPSA) is 38.7 Å². The molecule has 0 amide bonds. The summed E-state index contributed by atoms with van der Waals surface area (Å²) in [5, 5.41) is 0. The molecule has 0 spiro atoms. The van der Waals surface area contributed by atoms with Gasteiger partial charge in [0.1, 0.15) is 0 Å². The molecule has 0 aliphatic rings. The van der Waals surface area contributed by atoms with Gasteiger partial charge in [0, 0.05) is 41.7 Å². The molecule has 1 rings (SSSR count). The van der Waals surface area contributed by atoms with Gasteiger partial charge in [0.15, 0.2) is 25.5 Å². The van der Waals surface area contributed by atoms with Gasteiger partial charge >= 0.3 is 0 Å². The largest absolute Gasteiger partial charge is 0.166 e. The van der Waals surface area contributed by atoms with Crippen LogP contribution in [0, 0.1) is 41.7 Å². The fourth-order valence-corrected chi connectivity index (χ4v) is 1.93. The van der Waals surface area contributed by atoms with Crippen molar-refractivity contribution in [1.82, 2.24) is 13.5 Å². The summed E-state index contributed by atoms with van der Waals surface area (Å²) in [5.41, 5.74) is 0. The molecule has 0 bridgehead atoms. The Balaban J connectivity index is 0.000000360. The van der Waals surface area contributed by atoms with Crippen LogP contribution in [0.5, 0.6) is 0 Å². The summed E-state index contributed by atoms with van der Waals surface area (Å²) in [6.07, 6.45) is 0. The molecule has 0 N–H and O–H groups in total. The molecule has 0 saturated carbocycles. The minimum Gasteiger partial charge on any atom is -0.166 e. The second-order valence-electron chi connectivity index (χ2n) is 0.537. The quantitative estimate of drug-likeness (QED) is 0.722. The van der Waals surface area contributed by atoms with E-state index in [1.807, 2.05) is 0 Å². The van der Waals surface area contributed by atoms with Gasteiger partial charge in [-0.05, 0) is 0 Å². The normalized spacial score (nSPS) is 10.3. The molecule has 1 aromatic heterocycles. The van der Waals surface area contributed by atoms with Crippen molar-refractivity contribution in [3.63, 3.8) is 0 Å². The number of rotatable bonds is 0. The van der Waals surface area contributed by atoms with Gasteiger partial charge in [0.2, 0.25) is 0 Å². The predicted molar refractivity (Wildman–Crippen MR) is 27.4 cm³/mol. The molecule has 0 aliphatic carbocycles. The monoisotopic (exact) mass is 275 g/mol. The first-order valence-electron chi connectivity index (χ1n) is 1.20. The molecule has 0 aliphatic heterocycles. The van der Waals surface area contributed by atoms with Gasteiger partial charge in [-0.2, -0.15) is 13.5 Å². The van der Waals surface area contributed by atoms with Crippen LogP contribution in [0.1, 0.15) is 0 Å². The molecule has 0 fully saturated rings. The Morgan fingerprint density at radius 2 is 1.00 bits per heavy atom. The minimum absolute atomic E-state index is 0. The third-order valence-electron chi connectivity index (χ3n) is 0.240. The first-order chi connectivity index (χ1) is 3.00. The summed E-state index contributed by atoms with van der Waals surface area (Å²) < 4.78 is 11.3. The van der Waals surface area contributed by atoms with E-state index < -0.39 is 0 Å². The van der Waals surface area contributed by atoms with Gasteiger partial charge in [0.25, 0.3) is 0 Å². The Hall–Kier alpha value is 1.68. The predicted octanol–water partition coefficient (Wildman–Crippen LogP) is 1.61. The minimum atomic E-state index is 0. The van der Waals surface area contributed by atoms with Crippen molar-refractivity contribution in [2.45, 2.75) is 0 Å². The Labute approximate surface area is 79.8 Å². The van der Waals surface area contributed by atoms with E-state index in [1.165, 1.54) is 0 Å². The zero-order valence-corrected chi connectivity index (χ0v) is 9.01. The summed E-state index contributed by atoms with van der Waals surface area (Å²) in [6.45, 7) is 0. The van der Waals surface area contributed by atoms with Crippen molar-refractivity contribution in [1.29, 1.82) is 0 Å². The van der Waals surface area contributed by atoms with E-state index in [9.17, 15) is 0 Å². The third-order valence-corrected chi connectivity index (χ3v) is 2.16. The standard InChI is InChI=1S/Ce.N3P3/c;1-4-2-6-3-5-1. The molecule has 0 radical (unpaired) electrons. The average Bonchev–Trinajstić information content (AvgIpc) is 1.72. The molecule has 0 unspecified atom stereocenters. The molecule has 3 nitrogen and oxygen atoms in total. The van der Waals surface area contributed by atoms with Gasteiger partial charge < -0.3 is 0 Å². The molecule has 0 saturated heterocycles. The zero-order chi connectivity index (χ0) is 4.24. The number of aromatic nitrogens is 3. The van der Waals surface area contributed by atoms with E-state index in [1.54, 1.807) is 0 Å². The summed E-state index contributed by atoms with van der Waals surface area (Å²) in [6, 6.07) is 0. The smallest absolute Gasteiger partial charge is 0.166 e. The number of hydrogen-bond donors (Lipinski definition) is 0. The molecule has 7 heteroatoms. The second-order valence-corrected chi connectivity index (χ2v) is 3.22. The van der Waals surface area contributed by atoms with Crippen LogP contribution in [0.25, 0.3) is 0 Å². The Morgan fingerprint density at radius 1 is 0.714 bits per heavy atom. The maximum absolute atomic E-state index is 3.78. The SMILES string of the molecule is [Ce].n1pnpnp1. The van der Waals surface area contributed by atoms with E-state index in [4.69, 9.17) is 0 Å². The molecular weight excluding hydrogens is 275 g/mol. The van der Waals surface area contributed by atoms with Gasteiger partial charge in [-0.25, -0.2) is 0 Å². The van der Waals surface area contributed by atoms with Crippen LogP contribution in [-0.2, 0) is 0 Å². The summed E-state index contributed by atoms with van der Waals surface area (Å²) in [4.78, 5) is 0. The molecule has 1 aromatic rings. The van der Waals surface area contributed by atoms with Crippen molar-refractivity contribution >= 4 is 25.5 Å². The zero-order valence-electron chi connectivity index (χ0n) is 3.18. The van der Waals surface area contributed by atoms with Gasteiger partial charge in [-0.3, -0.25) is 0 Å². The van der Waals surface area contributed by atoms with Crippen molar-refractivity contribution in [3.05, 3.63) is 0 Å². The third kappa shape index (κ3) is 4.20. The van der Waals surface area contributed by atoms with Crippen LogP contribution < -0.4 is 0 Å². The van der Waals surface area contributed by atoms with Crippen LogP contribution in [-0.4, -0.2) is 13.5 Å². The van der Waals surface area contributed by atoms with E-state index in [0.717, 1.165) is 25.5 Å². The van der Waals surface area contributed by atoms with Gasteiger partial charge in [0.05, 0.1) is 0 Å². The van der Waals surface area contributed by atoms with Crippen molar-refractivity contribution in [2.24, 2.45) is 0 Å². The summed E-state index contributed by atoms with van der Waals surface area (Å²) in [7, 11) is 2.49. The molecular formula is CeN3P3. The fourth-order valence-electron chi connectivity index (χ4n) is 0.107. The van der Waals surface area contributed by atoms with E-state index in [-0.39, 0.29) is 41.7 Å². The van der Waals surface area contributed by atoms with E-state index in [0.29, 0.717) is 0 Å². The Morgan fingerprint density at radius 3 is 1.14 bits per heavy atom.